The van der Waals surface area contributed by atoms with Crippen LogP contribution in [0.15, 0.2) is 34.9 Å². The van der Waals surface area contributed by atoms with Crippen molar-refractivity contribution in [2.45, 2.75) is 24.7 Å². The van der Waals surface area contributed by atoms with Gasteiger partial charge in [-0.25, -0.2) is 0 Å². The van der Waals surface area contributed by atoms with Gasteiger partial charge in [0.25, 0.3) is 11.8 Å². The third-order valence-electron chi connectivity index (χ3n) is 4.05. The van der Waals surface area contributed by atoms with E-state index in [1.807, 2.05) is 0 Å². The lowest BCUT2D eigenvalue weighted by Gasteiger charge is -2.24. The highest BCUT2D eigenvalue weighted by Crippen LogP contribution is 2.37. The quantitative estimate of drug-likeness (QED) is 0.915. The zero-order valence-corrected chi connectivity index (χ0v) is 13.2. The minimum atomic E-state index is -4.49. The number of likely N-dealkylation sites (tertiary alicyclic amines) is 1. The Morgan fingerprint density at radius 1 is 1.40 bits per heavy atom. The van der Waals surface area contributed by atoms with Gasteiger partial charge in [-0.1, -0.05) is 12.1 Å². The maximum absolute atomic E-state index is 12.9. The molecule has 3 rings (SSSR count). The minimum absolute atomic E-state index is 0.0111. The van der Waals surface area contributed by atoms with E-state index >= 15 is 0 Å². The molecule has 6 nitrogen and oxygen atoms in total. The van der Waals surface area contributed by atoms with Crippen LogP contribution in [0.2, 0.25) is 0 Å². The number of halogens is 3. The number of carbonyl (C=O) groups is 1. The normalized spacial score (nSPS) is 20.8. The molecule has 25 heavy (non-hydrogen) atoms. The summed E-state index contributed by atoms with van der Waals surface area (Å²) in [6.45, 7) is -0.0111. The van der Waals surface area contributed by atoms with Crippen LogP contribution in [-0.4, -0.2) is 40.8 Å². The van der Waals surface area contributed by atoms with Gasteiger partial charge in [-0.15, -0.1) is 0 Å². The highest BCUT2D eigenvalue weighted by molar-refractivity contribution is 5.92. The second kappa shape index (κ2) is 6.40. The second-order valence-electron chi connectivity index (χ2n) is 5.72. The lowest BCUT2D eigenvalue weighted by molar-refractivity contribution is -0.137. The van der Waals surface area contributed by atoms with E-state index in [1.54, 1.807) is 0 Å². The Bertz CT molecular complexity index is 775. The molecule has 0 aliphatic carbocycles. The van der Waals surface area contributed by atoms with Gasteiger partial charge in [0, 0.05) is 6.54 Å². The van der Waals surface area contributed by atoms with Crippen molar-refractivity contribution in [3.05, 3.63) is 47.2 Å². The van der Waals surface area contributed by atoms with Crippen molar-refractivity contribution in [1.82, 2.24) is 10.1 Å². The maximum Gasteiger partial charge on any atom is 0.416 e. The fraction of sp³-hybridized carbons (Fsp3) is 0.375. The lowest BCUT2D eigenvalue weighted by atomic mass is 10.0. The molecule has 134 valence electrons. The van der Waals surface area contributed by atoms with Crippen LogP contribution in [0.3, 0.4) is 0 Å². The number of aromatic nitrogens is 1. The van der Waals surface area contributed by atoms with E-state index in [2.05, 4.69) is 5.16 Å². The number of hydrogen-bond acceptors (Lipinski definition) is 5. The van der Waals surface area contributed by atoms with Crippen molar-refractivity contribution < 1.29 is 32.3 Å². The first kappa shape index (κ1) is 17.3. The van der Waals surface area contributed by atoms with E-state index < -0.39 is 29.8 Å². The van der Waals surface area contributed by atoms with Gasteiger partial charge in [-0.3, -0.25) is 4.79 Å². The third-order valence-corrected chi connectivity index (χ3v) is 4.05. The SMILES string of the molecule is COc1cc(C(=O)N2C[C@@H](O)C[C@H]2c2cccc(C(F)(F)F)c2)on1. The largest absolute Gasteiger partial charge is 0.479 e. The molecule has 2 aromatic rings. The van der Waals surface area contributed by atoms with Crippen LogP contribution in [0.5, 0.6) is 5.88 Å². The van der Waals surface area contributed by atoms with E-state index in [4.69, 9.17) is 9.26 Å². The monoisotopic (exact) mass is 356 g/mol. The number of aliphatic hydroxyl groups is 1. The molecule has 0 saturated carbocycles. The Labute approximate surface area is 140 Å². The van der Waals surface area contributed by atoms with Crippen molar-refractivity contribution >= 4 is 5.91 Å². The predicted molar refractivity (Wildman–Crippen MR) is 78.9 cm³/mol. The fourth-order valence-electron chi connectivity index (χ4n) is 2.87. The van der Waals surface area contributed by atoms with Crippen LogP contribution in [0.25, 0.3) is 0 Å². The molecule has 1 aliphatic rings. The smallest absolute Gasteiger partial charge is 0.416 e. The number of rotatable bonds is 3. The van der Waals surface area contributed by atoms with Crippen molar-refractivity contribution in [1.29, 1.82) is 0 Å². The summed E-state index contributed by atoms with van der Waals surface area (Å²) in [5, 5.41) is 13.5. The molecule has 0 unspecified atom stereocenters. The van der Waals surface area contributed by atoms with Crippen LogP contribution < -0.4 is 4.74 Å². The van der Waals surface area contributed by atoms with Gasteiger partial charge in [0.2, 0.25) is 5.76 Å². The van der Waals surface area contributed by atoms with Gasteiger partial charge >= 0.3 is 6.18 Å². The summed E-state index contributed by atoms with van der Waals surface area (Å²) in [6, 6.07) is 5.32. The Morgan fingerprint density at radius 2 is 2.16 bits per heavy atom. The highest BCUT2D eigenvalue weighted by Gasteiger charge is 2.38. The van der Waals surface area contributed by atoms with Gasteiger partial charge in [-0.2, -0.15) is 13.2 Å². The molecule has 1 fully saturated rings. The number of carbonyl (C=O) groups excluding carboxylic acids is 1. The van der Waals surface area contributed by atoms with E-state index in [1.165, 1.54) is 30.2 Å². The average Bonchev–Trinajstić information content (AvgIpc) is 3.20. The number of ether oxygens (including phenoxy) is 1. The van der Waals surface area contributed by atoms with E-state index in [9.17, 15) is 23.1 Å². The molecular formula is C16H15F3N2O4. The standard InChI is InChI=1S/C16H15F3N2O4/c1-24-14-7-13(25-20-14)15(23)21-8-11(22)6-12(21)9-3-2-4-10(5-9)16(17,18)19/h2-5,7,11-12,22H,6,8H2,1H3/t11-,12-/m0/s1. The molecule has 1 amide bonds. The summed E-state index contributed by atoms with van der Waals surface area (Å²) in [5.74, 6) is -0.573. The van der Waals surface area contributed by atoms with Crippen LogP contribution in [0, 0.1) is 0 Å². The summed E-state index contributed by atoms with van der Waals surface area (Å²) in [4.78, 5) is 13.9. The summed E-state index contributed by atoms with van der Waals surface area (Å²) < 4.78 is 48.5. The van der Waals surface area contributed by atoms with Crippen LogP contribution in [0.4, 0.5) is 13.2 Å². The van der Waals surface area contributed by atoms with Gasteiger partial charge in [0.1, 0.15) is 0 Å². The fourth-order valence-corrected chi connectivity index (χ4v) is 2.87. The number of methoxy groups -OCH3 is 1. The first-order valence-electron chi connectivity index (χ1n) is 7.46. The molecular weight excluding hydrogens is 341 g/mol. The van der Waals surface area contributed by atoms with Crippen molar-refractivity contribution in [2.24, 2.45) is 0 Å². The first-order valence-corrected chi connectivity index (χ1v) is 7.46. The molecule has 1 N–H and O–H groups in total. The summed E-state index contributed by atoms with van der Waals surface area (Å²) in [6.07, 6.45) is -5.19. The number of β-amino-alcohol motifs (C(OH)–C–C–N with tert-alkyl or cyclic N) is 1. The van der Waals surface area contributed by atoms with Gasteiger partial charge in [0.15, 0.2) is 0 Å². The Balaban J connectivity index is 1.90. The predicted octanol–water partition coefficient (Wildman–Crippen LogP) is 2.65. The van der Waals surface area contributed by atoms with E-state index in [0.29, 0.717) is 5.56 Å². The van der Waals surface area contributed by atoms with E-state index in [0.717, 1.165) is 12.1 Å². The molecule has 9 heteroatoms. The first-order chi connectivity index (χ1) is 11.8. The molecule has 1 saturated heterocycles. The third kappa shape index (κ3) is 3.46. The second-order valence-corrected chi connectivity index (χ2v) is 5.72. The Morgan fingerprint density at radius 3 is 2.80 bits per heavy atom. The molecule has 0 radical (unpaired) electrons. The zero-order valence-electron chi connectivity index (χ0n) is 13.2. The van der Waals surface area contributed by atoms with Crippen LogP contribution >= 0.6 is 0 Å². The van der Waals surface area contributed by atoms with E-state index in [-0.39, 0.29) is 24.6 Å². The summed E-state index contributed by atoms with van der Waals surface area (Å²) in [7, 11) is 1.36. The maximum atomic E-state index is 12.9. The Hall–Kier alpha value is -2.55. The molecule has 2 heterocycles. The summed E-state index contributed by atoms with van der Waals surface area (Å²) in [5.41, 5.74) is -0.508. The average molecular weight is 356 g/mol. The van der Waals surface area contributed by atoms with Crippen molar-refractivity contribution in [2.75, 3.05) is 13.7 Å². The van der Waals surface area contributed by atoms with Gasteiger partial charge < -0.3 is 19.3 Å². The zero-order chi connectivity index (χ0) is 18.2. The molecule has 2 atom stereocenters. The van der Waals surface area contributed by atoms with Gasteiger partial charge in [-0.05, 0) is 29.3 Å². The number of alkyl halides is 3. The topological polar surface area (TPSA) is 75.8 Å². The number of nitrogens with zero attached hydrogens (tertiary/aromatic N) is 2. The number of aliphatic hydroxyl groups excluding tert-OH is 1. The highest BCUT2D eigenvalue weighted by atomic mass is 19.4. The lowest BCUT2D eigenvalue weighted by Crippen LogP contribution is -2.31. The summed E-state index contributed by atoms with van der Waals surface area (Å²) >= 11 is 0. The molecule has 1 aliphatic heterocycles. The molecule has 1 aromatic carbocycles. The van der Waals surface area contributed by atoms with Crippen molar-refractivity contribution in [3.8, 4) is 5.88 Å². The van der Waals surface area contributed by atoms with Crippen LogP contribution in [-0.2, 0) is 6.18 Å². The minimum Gasteiger partial charge on any atom is -0.479 e. The number of amides is 1. The number of benzene rings is 1. The number of hydrogen-bond donors (Lipinski definition) is 1. The van der Waals surface area contributed by atoms with Gasteiger partial charge in [0.05, 0.1) is 30.9 Å². The molecule has 1 aromatic heterocycles. The Kier molecular flexibility index (Phi) is 4.42. The van der Waals surface area contributed by atoms with Crippen LogP contribution in [0.1, 0.15) is 34.1 Å². The van der Waals surface area contributed by atoms with Crippen molar-refractivity contribution in [3.63, 3.8) is 0 Å². The molecule has 0 spiro atoms. The molecule has 0 bridgehead atoms.